The van der Waals surface area contributed by atoms with Crippen LogP contribution in [0.4, 0.5) is 13.2 Å². The highest BCUT2D eigenvalue weighted by molar-refractivity contribution is 9.10. The summed E-state index contributed by atoms with van der Waals surface area (Å²) in [5.41, 5.74) is -0.446. The highest BCUT2D eigenvalue weighted by Gasteiger charge is 2.31. The van der Waals surface area contributed by atoms with E-state index in [9.17, 15) is 13.2 Å². The molecule has 0 saturated heterocycles. The average molecular weight is 290 g/mol. The van der Waals surface area contributed by atoms with Gasteiger partial charge >= 0.3 is 6.18 Å². The molecular formula is C9H3BrF3N3. The highest BCUT2D eigenvalue weighted by atomic mass is 79.9. The lowest BCUT2D eigenvalue weighted by atomic mass is 10.3. The van der Waals surface area contributed by atoms with Crippen molar-refractivity contribution in [1.29, 1.82) is 5.26 Å². The van der Waals surface area contributed by atoms with Gasteiger partial charge in [0.2, 0.25) is 0 Å². The fraction of sp³-hybridized carbons (Fsp3) is 0.111. The van der Waals surface area contributed by atoms with Gasteiger partial charge in [0.15, 0.2) is 11.3 Å². The molecule has 2 aromatic heterocycles. The molecule has 0 saturated carbocycles. The van der Waals surface area contributed by atoms with E-state index in [-0.39, 0.29) is 15.8 Å². The van der Waals surface area contributed by atoms with Crippen LogP contribution >= 0.6 is 15.9 Å². The zero-order chi connectivity index (χ0) is 11.9. The lowest BCUT2D eigenvalue weighted by Gasteiger charge is -2.07. The van der Waals surface area contributed by atoms with E-state index in [1.54, 1.807) is 6.07 Å². The number of nitriles is 1. The molecule has 2 aromatic rings. The Morgan fingerprint density at radius 3 is 2.62 bits per heavy atom. The first-order chi connectivity index (χ1) is 7.41. The molecule has 0 unspecified atom stereocenters. The van der Waals surface area contributed by atoms with E-state index in [4.69, 9.17) is 5.26 Å². The van der Waals surface area contributed by atoms with Crippen molar-refractivity contribution in [2.45, 2.75) is 6.18 Å². The predicted octanol–water partition coefficient (Wildman–Crippen LogP) is 2.99. The Morgan fingerprint density at radius 1 is 1.38 bits per heavy atom. The number of halogens is 4. The summed E-state index contributed by atoms with van der Waals surface area (Å²) in [6.07, 6.45) is -2.28. The summed E-state index contributed by atoms with van der Waals surface area (Å²) < 4.78 is 38.8. The SMILES string of the molecule is N#Cc1cn2cc(C(F)(F)F)cc(Br)c2n1. The van der Waals surface area contributed by atoms with Crippen molar-refractivity contribution in [2.24, 2.45) is 0 Å². The number of aromatic nitrogens is 2. The molecule has 0 atom stereocenters. The Hall–Kier alpha value is -1.55. The molecule has 82 valence electrons. The molecule has 0 aliphatic heterocycles. The first-order valence-corrected chi connectivity index (χ1v) is 4.86. The fourth-order valence-corrected chi connectivity index (χ4v) is 1.81. The van der Waals surface area contributed by atoms with Gasteiger partial charge in [0.1, 0.15) is 6.07 Å². The fourth-order valence-electron chi connectivity index (χ4n) is 1.27. The second-order valence-electron chi connectivity index (χ2n) is 3.04. The second kappa shape index (κ2) is 3.49. The lowest BCUT2D eigenvalue weighted by molar-refractivity contribution is -0.137. The van der Waals surface area contributed by atoms with E-state index in [1.807, 2.05) is 0 Å². The number of hydrogen-bond donors (Lipinski definition) is 0. The maximum Gasteiger partial charge on any atom is 0.417 e. The van der Waals surface area contributed by atoms with Crippen molar-refractivity contribution in [3.8, 4) is 6.07 Å². The monoisotopic (exact) mass is 289 g/mol. The average Bonchev–Trinajstić information content (AvgIpc) is 2.59. The first-order valence-electron chi connectivity index (χ1n) is 4.07. The molecule has 0 spiro atoms. The standard InChI is InChI=1S/C9H3BrF3N3/c10-7-1-5(9(11,12)13)3-16-4-6(2-14)15-8(7)16/h1,3-4H. The van der Waals surface area contributed by atoms with Crippen LogP contribution in [0.15, 0.2) is 22.9 Å². The summed E-state index contributed by atoms with van der Waals surface area (Å²) in [6.45, 7) is 0. The summed E-state index contributed by atoms with van der Waals surface area (Å²) in [4.78, 5) is 3.84. The minimum atomic E-state index is -4.42. The summed E-state index contributed by atoms with van der Waals surface area (Å²) in [6, 6.07) is 2.70. The van der Waals surface area contributed by atoms with Crippen LogP contribution in [0.1, 0.15) is 11.3 Å². The number of rotatable bonds is 0. The van der Waals surface area contributed by atoms with E-state index in [0.29, 0.717) is 0 Å². The Balaban J connectivity index is 2.73. The maximum atomic E-state index is 12.5. The second-order valence-corrected chi connectivity index (χ2v) is 3.90. The van der Waals surface area contributed by atoms with Crippen molar-refractivity contribution in [2.75, 3.05) is 0 Å². The largest absolute Gasteiger partial charge is 0.417 e. The zero-order valence-corrected chi connectivity index (χ0v) is 9.17. The number of imidazole rings is 1. The Bertz CT molecular complexity index is 594. The number of hydrogen-bond acceptors (Lipinski definition) is 2. The highest BCUT2D eigenvalue weighted by Crippen LogP contribution is 2.32. The van der Waals surface area contributed by atoms with E-state index in [2.05, 4.69) is 20.9 Å². The third kappa shape index (κ3) is 1.76. The van der Waals surface area contributed by atoms with Crippen LogP contribution in [0.3, 0.4) is 0 Å². The van der Waals surface area contributed by atoms with Gasteiger partial charge in [-0.25, -0.2) is 4.98 Å². The van der Waals surface area contributed by atoms with Crippen molar-refractivity contribution in [3.05, 3.63) is 34.2 Å². The molecule has 0 fully saturated rings. The van der Waals surface area contributed by atoms with E-state index in [0.717, 1.165) is 12.3 Å². The molecule has 0 radical (unpaired) electrons. The van der Waals surface area contributed by atoms with Gasteiger partial charge in [-0.2, -0.15) is 18.4 Å². The molecule has 0 bridgehead atoms. The molecule has 0 amide bonds. The van der Waals surface area contributed by atoms with Crippen molar-refractivity contribution >= 4 is 21.6 Å². The van der Waals surface area contributed by atoms with Crippen molar-refractivity contribution in [3.63, 3.8) is 0 Å². The zero-order valence-electron chi connectivity index (χ0n) is 7.59. The molecule has 7 heteroatoms. The van der Waals surface area contributed by atoms with Crippen molar-refractivity contribution in [1.82, 2.24) is 9.38 Å². The van der Waals surface area contributed by atoms with Crippen LogP contribution in [0.5, 0.6) is 0 Å². The maximum absolute atomic E-state index is 12.5. The van der Waals surface area contributed by atoms with Crippen LogP contribution in [0, 0.1) is 11.3 Å². The quantitative estimate of drug-likeness (QED) is 0.748. The van der Waals surface area contributed by atoms with Gasteiger partial charge in [-0.1, -0.05) is 0 Å². The van der Waals surface area contributed by atoms with Gasteiger partial charge in [0.05, 0.1) is 10.0 Å². The summed E-state index contributed by atoms with van der Waals surface area (Å²) in [5.74, 6) is 0. The molecule has 0 N–H and O–H groups in total. The van der Waals surface area contributed by atoms with E-state index >= 15 is 0 Å². The van der Waals surface area contributed by atoms with Gasteiger partial charge in [-0.05, 0) is 22.0 Å². The predicted molar refractivity (Wildman–Crippen MR) is 52.6 cm³/mol. The Labute approximate surface area is 96.3 Å². The molecular weight excluding hydrogens is 287 g/mol. The Kier molecular flexibility index (Phi) is 2.39. The molecule has 0 aliphatic carbocycles. The van der Waals surface area contributed by atoms with Gasteiger partial charge in [0, 0.05) is 12.4 Å². The molecule has 16 heavy (non-hydrogen) atoms. The molecule has 0 aliphatic rings. The first kappa shape index (κ1) is 11.0. The van der Waals surface area contributed by atoms with Crippen LogP contribution < -0.4 is 0 Å². The molecule has 3 nitrogen and oxygen atoms in total. The van der Waals surface area contributed by atoms with Crippen LogP contribution in [-0.2, 0) is 6.18 Å². The molecule has 0 aromatic carbocycles. The third-order valence-electron chi connectivity index (χ3n) is 1.95. The van der Waals surface area contributed by atoms with Gasteiger partial charge in [-0.3, -0.25) is 0 Å². The third-order valence-corrected chi connectivity index (χ3v) is 2.53. The minimum Gasteiger partial charge on any atom is -0.304 e. The van der Waals surface area contributed by atoms with Crippen LogP contribution in [0.25, 0.3) is 5.65 Å². The number of fused-ring (bicyclic) bond motifs is 1. The summed E-state index contributed by atoms with van der Waals surface area (Å²) >= 11 is 2.99. The normalized spacial score (nSPS) is 11.7. The smallest absolute Gasteiger partial charge is 0.304 e. The van der Waals surface area contributed by atoms with E-state index < -0.39 is 11.7 Å². The van der Waals surface area contributed by atoms with Crippen LogP contribution in [0.2, 0.25) is 0 Å². The summed E-state index contributed by atoms with van der Waals surface area (Å²) in [7, 11) is 0. The number of alkyl halides is 3. The van der Waals surface area contributed by atoms with Crippen molar-refractivity contribution < 1.29 is 13.2 Å². The number of pyridine rings is 1. The van der Waals surface area contributed by atoms with E-state index in [1.165, 1.54) is 10.6 Å². The molecule has 2 rings (SSSR count). The summed E-state index contributed by atoms with van der Waals surface area (Å²) in [5, 5.41) is 8.60. The van der Waals surface area contributed by atoms with Gasteiger partial charge in [0.25, 0.3) is 0 Å². The number of nitrogens with zero attached hydrogens (tertiary/aromatic N) is 3. The minimum absolute atomic E-state index is 0.0695. The molecule has 2 heterocycles. The lowest BCUT2D eigenvalue weighted by Crippen LogP contribution is -2.06. The van der Waals surface area contributed by atoms with Gasteiger partial charge in [-0.15, -0.1) is 0 Å². The topological polar surface area (TPSA) is 41.1 Å². The Morgan fingerprint density at radius 2 is 2.06 bits per heavy atom. The van der Waals surface area contributed by atoms with Gasteiger partial charge < -0.3 is 4.40 Å². The van der Waals surface area contributed by atoms with Crippen LogP contribution in [-0.4, -0.2) is 9.38 Å².